The maximum atomic E-state index is 9.63. The van der Waals surface area contributed by atoms with Gasteiger partial charge in [0, 0.05) is 13.2 Å². The van der Waals surface area contributed by atoms with Crippen LogP contribution in [0, 0.1) is 6.92 Å². The zero-order chi connectivity index (χ0) is 15.6. The molecule has 0 bridgehead atoms. The lowest BCUT2D eigenvalue weighted by Crippen LogP contribution is -2.11. The van der Waals surface area contributed by atoms with Crippen LogP contribution in [0.4, 0.5) is 0 Å². The first-order valence-corrected chi connectivity index (χ1v) is 7.34. The van der Waals surface area contributed by atoms with Crippen LogP contribution in [0.2, 0.25) is 0 Å². The van der Waals surface area contributed by atoms with E-state index in [0.717, 1.165) is 36.8 Å². The van der Waals surface area contributed by atoms with Gasteiger partial charge in [-0.05, 0) is 42.4 Å². The number of aliphatic hydroxyl groups is 2. The number of phenolic OH excluding ortho intramolecular Hbond substituents is 1. The number of aromatic hydroxyl groups is 1. The molecular formula is C17H30O3. The Morgan fingerprint density at radius 1 is 0.900 bits per heavy atom. The first-order chi connectivity index (χ1) is 9.32. The molecule has 3 nitrogen and oxygen atoms in total. The van der Waals surface area contributed by atoms with E-state index in [0.29, 0.717) is 5.75 Å². The van der Waals surface area contributed by atoms with Gasteiger partial charge in [0.05, 0.1) is 0 Å². The molecule has 116 valence electrons. The quantitative estimate of drug-likeness (QED) is 0.724. The van der Waals surface area contributed by atoms with Crippen molar-refractivity contribution in [2.24, 2.45) is 0 Å². The number of unbranched alkanes of at least 4 members (excludes halogenated alkanes) is 3. The summed E-state index contributed by atoms with van der Waals surface area (Å²) in [6.45, 7) is 8.83. The Hall–Kier alpha value is -1.06. The molecule has 20 heavy (non-hydrogen) atoms. The van der Waals surface area contributed by atoms with Crippen molar-refractivity contribution >= 4 is 0 Å². The van der Waals surface area contributed by atoms with Crippen molar-refractivity contribution in [2.75, 3.05) is 13.2 Å². The number of hydrogen-bond donors (Lipinski definition) is 3. The van der Waals surface area contributed by atoms with Crippen LogP contribution in [0.25, 0.3) is 0 Å². The molecule has 0 aromatic heterocycles. The minimum absolute atomic E-state index is 0.0256. The molecule has 0 aliphatic heterocycles. The number of aliphatic hydroxyl groups excluding tert-OH is 2. The summed E-state index contributed by atoms with van der Waals surface area (Å²) in [7, 11) is 0. The highest BCUT2D eigenvalue weighted by Crippen LogP contribution is 2.30. The highest BCUT2D eigenvalue weighted by Gasteiger charge is 2.17. The standard InChI is InChI=1S/C11H16O.C6H14O2/c1-8-5-6-9(10(12)7-8)11(2,3)4;7-5-3-1-2-4-6-8/h5-7,12H,1-4H3;7-8H,1-6H2. The highest BCUT2D eigenvalue weighted by atomic mass is 16.3. The molecule has 0 saturated carbocycles. The average Bonchev–Trinajstić information content (AvgIpc) is 2.34. The lowest BCUT2D eigenvalue weighted by atomic mass is 9.86. The summed E-state index contributed by atoms with van der Waals surface area (Å²) in [6.07, 6.45) is 3.83. The number of phenols is 1. The average molecular weight is 282 g/mol. The van der Waals surface area contributed by atoms with Crippen molar-refractivity contribution < 1.29 is 15.3 Å². The fourth-order valence-corrected chi connectivity index (χ4v) is 1.85. The Labute approximate surface area is 123 Å². The van der Waals surface area contributed by atoms with E-state index in [-0.39, 0.29) is 18.6 Å². The Bertz CT molecular complexity index is 361. The summed E-state index contributed by atoms with van der Waals surface area (Å²) in [6, 6.07) is 5.82. The van der Waals surface area contributed by atoms with Gasteiger partial charge in [-0.25, -0.2) is 0 Å². The van der Waals surface area contributed by atoms with Gasteiger partial charge >= 0.3 is 0 Å². The van der Waals surface area contributed by atoms with Crippen LogP contribution in [0.5, 0.6) is 5.75 Å². The Kier molecular flexibility index (Phi) is 9.26. The van der Waals surface area contributed by atoms with Crippen LogP contribution in [-0.4, -0.2) is 28.5 Å². The van der Waals surface area contributed by atoms with E-state index in [1.54, 1.807) is 6.07 Å². The van der Waals surface area contributed by atoms with Crippen LogP contribution >= 0.6 is 0 Å². The third-order valence-corrected chi connectivity index (χ3v) is 3.03. The van der Waals surface area contributed by atoms with Gasteiger partial charge in [0.1, 0.15) is 5.75 Å². The summed E-state index contributed by atoms with van der Waals surface area (Å²) in [5.41, 5.74) is 2.13. The molecule has 0 atom stereocenters. The Balaban J connectivity index is 0.000000396. The monoisotopic (exact) mass is 282 g/mol. The van der Waals surface area contributed by atoms with Crippen LogP contribution in [-0.2, 0) is 5.41 Å². The van der Waals surface area contributed by atoms with Crippen molar-refractivity contribution in [3.05, 3.63) is 29.3 Å². The van der Waals surface area contributed by atoms with Crippen LogP contribution in [0.15, 0.2) is 18.2 Å². The largest absolute Gasteiger partial charge is 0.508 e. The van der Waals surface area contributed by atoms with Crippen molar-refractivity contribution in [3.63, 3.8) is 0 Å². The van der Waals surface area contributed by atoms with Crippen LogP contribution < -0.4 is 0 Å². The third kappa shape index (κ3) is 8.18. The molecule has 0 heterocycles. The summed E-state index contributed by atoms with van der Waals surface area (Å²) in [5.74, 6) is 0.405. The summed E-state index contributed by atoms with van der Waals surface area (Å²) >= 11 is 0. The fraction of sp³-hybridized carbons (Fsp3) is 0.647. The minimum atomic E-state index is 0.0256. The van der Waals surface area contributed by atoms with E-state index in [2.05, 4.69) is 20.8 Å². The van der Waals surface area contributed by atoms with Crippen LogP contribution in [0.1, 0.15) is 57.6 Å². The van der Waals surface area contributed by atoms with E-state index >= 15 is 0 Å². The predicted molar refractivity (Wildman–Crippen MR) is 84.2 cm³/mol. The van der Waals surface area contributed by atoms with Crippen LogP contribution in [0.3, 0.4) is 0 Å². The second-order valence-electron chi connectivity index (χ2n) is 6.13. The predicted octanol–water partition coefficient (Wildman–Crippen LogP) is 3.53. The first-order valence-electron chi connectivity index (χ1n) is 7.34. The Morgan fingerprint density at radius 3 is 1.75 bits per heavy atom. The van der Waals surface area contributed by atoms with Gasteiger partial charge < -0.3 is 15.3 Å². The van der Waals surface area contributed by atoms with Crippen molar-refractivity contribution in [1.29, 1.82) is 0 Å². The fourth-order valence-electron chi connectivity index (χ4n) is 1.85. The number of hydrogen-bond acceptors (Lipinski definition) is 3. The molecule has 0 radical (unpaired) electrons. The second kappa shape index (κ2) is 9.78. The van der Waals surface area contributed by atoms with Gasteiger partial charge in [0.15, 0.2) is 0 Å². The van der Waals surface area contributed by atoms with Gasteiger partial charge in [-0.15, -0.1) is 0 Å². The van der Waals surface area contributed by atoms with Gasteiger partial charge in [-0.1, -0.05) is 45.7 Å². The lowest BCUT2D eigenvalue weighted by molar-refractivity contribution is 0.265. The van der Waals surface area contributed by atoms with Crippen molar-refractivity contribution in [2.45, 2.75) is 58.8 Å². The number of aryl methyl sites for hydroxylation is 1. The summed E-state index contributed by atoms with van der Waals surface area (Å²) < 4.78 is 0. The molecule has 1 aromatic rings. The van der Waals surface area contributed by atoms with Crippen molar-refractivity contribution in [1.82, 2.24) is 0 Å². The summed E-state index contributed by atoms with van der Waals surface area (Å²) in [4.78, 5) is 0. The van der Waals surface area contributed by atoms with Gasteiger partial charge in [-0.3, -0.25) is 0 Å². The maximum Gasteiger partial charge on any atom is 0.119 e. The van der Waals surface area contributed by atoms with E-state index < -0.39 is 0 Å². The van der Waals surface area contributed by atoms with E-state index in [1.165, 1.54) is 0 Å². The Morgan fingerprint density at radius 2 is 1.40 bits per heavy atom. The molecule has 0 aliphatic rings. The van der Waals surface area contributed by atoms with Gasteiger partial charge in [-0.2, -0.15) is 0 Å². The molecule has 0 saturated heterocycles. The molecule has 0 amide bonds. The topological polar surface area (TPSA) is 60.7 Å². The molecule has 0 aliphatic carbocycles. The molecule has 0 fully saturated rings. The number of rotatable bonds is 5. The van der Waals surface area contributed by atoms with Crippen molar-refractivity contribution in [3.8, 4) is 5.75 Å². The van der Waals surface area contributed by atoms with Gasteiger partial charge in [0.25, 0.3) is 0 Å². The van der Waals surface area contributed by atoms with E-state index in [4.69, 9.17) is 10.2 Å². The first kappa shape index (κ1) is 18.9. The molecule has 1 rings (SSSR count). The third-order valence-electron chi connectivity index (χ3n) is 3.03. The lowest BCUT2D eigenvalue weighted by Gasteiger charge is -2.20. The van der Waals surface area contributed by atoms with E-state index in [1.807, 2.05) is 19.1 Å². The SMILES string of the molecule is Cc1ccc(C(C)(C)C)c(O)c1.OCCCCCCO. The smallest absolute Gasteiger partial charge is 0.119 e. The van der Waals surface area contributed by atoms with E-state index in [9.17, 15) is 5.11 Å². The second-order valence-corrected chi connectivity index (χ2v) is 6.13. The molecule has 0 spiro atoms. The molecule has 1 aromatic carbocycles. The minimum Gasteiger partial charge on any atom is -0.508 e. The molecule has 3 N–H and O–H groups in total. The highest BCUT2D eigenvalue weighted by molar-refractivity contribution is 5.39. The zero-order valence-electron chi connectivity index (χ0n) is 13.3. The molecule has 3 heteroatoms. The normalized spacial score (nSPS) is 10.9. The zero-order valence-corrected chi connectivity index (χ0v) is 13.3. The van der Waals surface area contributed by atoms with Gasteiger partial charge in [0.2, 0.25) is 0 Å². The molecule has 0 unspecified atom stereocenters. The number of benzene rings is 1. The maximum absolute atomic E-state index is 9.63. The molecular weight excluding hydrogens is 252 g/mol. The summed E-state index contributed by atoms with van der Waals surface area (Å²) in [5, 5.41) is 26.2.